The van der Waals surface area contributed by atoms with Crippen LogP contribution in [-0.4, -0.2) is 44.3 Å². The van der Waals surface area contributed by atoms with E-state index in [1.165, 1.54) is 17.0 Å². The molecule has 3 rings (SSSR count). The lowest BCUT2D eigenvalue weighted by atomic mass is 10.0. The van der Waals surface area contributed by atoms with Crippen molar-refractivity contribution in [2.75, 3.05) is 17.4 Å². The average molecular weight is 647 g/mol. The summed E-state index contributed by atoms with van der Waals surface area (Å²) in [6.07, 6.45) is 2.04. The fraction of sp³-hybridized carbons (Fsp3) is 0.394. The molecule has 3 aromatic rings. The SMILES string of the molecule is CCCCNC(=O)[C@@H](CC)N(Cc1ccc(Cl)c(Cl)c1)C(=O)CN(c1ccc(C(C)C)cc1)S(=O)(=O)c1ccc(C)cc1. The Morgan fingerprint density at radius 3 is 2.12 bits per heavy atom. The third-order valence-corrected chi connectivity index (χ3v) is 9.82. The minimum Gasteiger partial charge on any atom is -0.354 e. The van der Waals surface area contributed by atoms with Gasteiger partial charge in [0.1, 0.15) is 12.6 Å². The smallest absolute Gasteiger partial charge is 0.264 e. The molecule has 0 radical (unpaired) electrons. The first kappa shape index (κ1) is 34.4. The number of unbranched alkanes of at least 4 members (excludes halogenated alkanes) is 1. The Labute approximate surface area is 266 Å². The van der Waals surface area contributed by atoms with Gasteiger partial charge >= 0.3 is 0 Å². The number of carbonyl (C=O) groups is 2. The zero-order valence-corrected chi connectivity index (χ0v) is 27.8. The number of halogens is 2. The number of nitrogens with one attached hydrogen (secondary N) is 1. The molecule has 0 aliphatic heterocycles. The highest BCUT2D eigenvalue weighted by molar-refractivity contribution is 7.92. The van der Waals surface area contributed by atoms with Crippen LogP contribution in [-0.2, 0) is 26.2 Å². The molecule has 0 bridgehead atoms. The molecule has 0 saturated carbocycles. The van der Waals surface area contributed by atoms with Gasteiger partial charge in [-0.2, -0.15) is 0 Å². The Balaban J connectivity index is 2.07. The average Bonchev–Trinajstić information content (AvgIpc) is 2.97. The zero-order valence-electron chi connectivity index (χ0n) is 25.4. The van der Waals surface area contributed by atoms with Gasteiger partial charge < -0.3 is 10.2 Å². The molecule has 0 saturated heterocycles. The van der Waals surface area contributed by atoms with Crippen LogP contribution >= 0.6 is 23.2 Å². The van der Waals surface area contributed by atoms with Crippen LogP contribution in [0.3, 0.4) is 0 Å². The number of hydrogen-bond acceptors (Lipinski definition) is 4. The second kappa shape index (κ2) is 15.6. The first-order chi connectivity index (χ1) is 20.4. The largest absolute Gasteiger partial charge is 0.354 e. The molecule has 0 aromatic heterocycles. The predicted molar refractivity (Wildman–Crippen MR) is 175 cm³/mol. The second-order valence-electron chi connectivity index (χ2n) is 10.9. The summed E-state index contributed by atoms with van der Waals surface area (Å²) in [6.45, 7) is 9.85. The monoisotopic (exact) mass is 645 g/mol. The molecular formula is C33H41Cl2N3O4S. The Morgan fingerprint density at radius 2 is 1.56 bits per heavy atom. The van der Waals surface area contributed by atoms with Crippen molar-refractivity contribution in [3.05, 3.63) is 93.5 Å². The summed E-state index contributed by atoms with van der Waals surface area (Å²) in [4.78, 5) is 29.0. The predicted octanol–water partition coefficient (Wildman–Crippen LogP) is 7.34. The van der Waals surface area contributed by atoms with Gasteiger partial charge in [0.05, 0.1) is 20.6 Å². The van der Waals surface area contributed by atoms with E-state index in [4.69, 9.17) is 23.2 Å². The third-order valence-electron chi connectivity index (χ3n) is 7.29. The van der Waals surface area contributed by atoms with Crippen LogP contribution in [0, 0.1) is 6.92 Å². The summed E-state index contributed by atoms with van der Waals surface area (Å²) in [7, 11) is -4.14. The van der Waals surface area contributed by atoms with E-state index >= 15 is 0 Å². The molecule has 1 N–H and O–H groups in total. The zero-order chi connectivity index (χ0) is 31.7. The topological polar surface area (TPSA) is 86.8 Å². The minimum absolute atomic E-state index is 0.0418. The van der Waals surface area contributed by atoms with Crippen LogP contribution < -0.4 is 9.62 Å². The van der Waals surface area contributed by atoms with Crippen molar-refractivity contribution < 1.29 is 18.0 Å². The van der Waals surface area contributed by atoms with Gasteiger partial charge in [0.2, 0.25) is 11.8 Å². The minimum atomic E-state index is -4.14. The van der Waals surface area contributed by atoms with E-state index in [-0.39, 0.29) is 23.3 Å². The highest BCUT2D eigenvalue weighted by atomic mass is 35.5. The van der Waals surface area contributed by atoms with Crippen molar-refractivity contribution >= 4 is 50.7 Å². The number of rotatable bonds is 14. The van der Waals surface area contributed by atoms with Crippen LogP contribution in [0.5, 0.6) is 0 Å². The Morgan fingerprint density at radius 1 is 0.907 bits per heavy atom. The van der Waals surface area contributed by atoms with Crippen molar-refractivity contribution in [1.82, 2.24) is 10.2 Å². The van der Waals surface area contributed by atoms with Crippen molar-refractivity contribution in [3.63, 3.8) is 0 Å². The maximum absolute atomic E-state index is 14.2. The molecule has 7 nitrogen and oxygen atoms in total. The van der Waals surface area contributed by atoms with Crippen molar-refractivity contribution in [1.29, 1.82) is 0 Å². The number of amides is 2. The maximum atomic E-state index is 14.2. The van der Waals surface area contributed by atoms with Gasteiger partial charge in [0.25, 0.3) is 10.0 Å². The fourth-order valence-electron chi connectivity index (χ4n) is 4.65. The Kier molecular flexibility index (Phi) is 12.5. The van der Waals surface area contributed by atoms with Gasteiger partial charge in [-0.3, -0.25) is 13.9 Å². The molecular weight excluding hydrogens is 605 g/mol. The van der Waals surface area contributed by atoms with E-state index in [0.29, 0.717) is 34.3 Å². The molecule has 0 heterocycles. The van der Waals surface area contributed by atoms with Gasteiger partial charge in [-0.15, -0.1) is 0 Å². The van der Waals surface area contributed by atoms with Crippen LogP contribution in [0.4, 0.5) is 5.69 Å². The Hall–Kier alpha value is -3.07. The molecule has 0 unspecified atom stereocenters. The molecule has 0 aliphatic rings. The molecule has 1 atom stereocenters. The maximum Gasteiger partial charge on any atom is 0.264 e. The molecule has 3 aromatic carbocycles. The Bertz CT molecular complexity index is 1490. The van der Waals surface area contributed by atoms with Crippen LogP contribution in [0.1, 0.15) is 69.6 Å². The van der Waals surface area contributed by atoms with E-state index in [2.05, 4.69) is 19.2 Å². The van der Waals surface area contributed by atoms with E-state index in [0.717, 1.165) is 28.3 Å². The van der Waals surface area contributed by atoms with Crippen LogP contribution in [0.25, 0.3) is 0 Å². The number of carbonyl (C=O) groups excluding carboxylic acids is 2. The normalized spacial score (nSPS) is 12.2. The van der Waals surface area contributed by atoms with Crippen LogP contribution in [0.15, 0.2) is 71.6 Å². The number of hydrogen-bond donors (Lipinski definition) is 1. The lowest BCUT2D eigenvalue weighted by molar-refractivity contribution is -0.140. The number of nitrogens with zero attached hydrogens (tertiary/aromatic N) is 2. The number of benzene rings is 3. The lowest BCUT2D eigenvalue weighted by Gasteiger charge is -2.33. The molecule has 2 amide bonds. The standard InChI is InChI=1S/C33H41Cl2N3O4S/c1-6-8-19-36-33(40)31(7-2)37(21-25-11-18-29(34)30(35)20-25)32(39)22-38(27-14-12-26(13-15-27)23(3)4)43(41,42)28-16-9-24(5)10-17-28/h9-18,20,23,31H,6-8,19,21-22H2,1-5H3,(H,36,40)/t31-/m1/s1. The van der Waals surface area contributed by atoms with Gasteiger partial charge in [0.15, 0.2) is 0 Å². The first-order valence-corrected chi connectivity index (χ1v) is 16.8. The molecule has 43 heavy (non-hydrogen) atoms. The summed E-state index contributed by atoms with van der Waals surface area (Å²) in [5.41, 5.74) is 2.97. The van der Waals surface area contributed by atoms with Crippen molar-refractivity contribution in [2.24, 2.45) is 0 Å². The van der Waals surface area contributed by atoms with E-state index in [1.807, 2.05) is 32.9 Å². The van der Waals surface area contributed by atoms with Crippen molar-refractivity contribution in [3.8, 4) is 0 Å². The quantitative estimate of drug-likeness (QED) is 0.186. The summed E-state index contributed by atoms with van der Waals surface area (Å²) < 4.78 is 29.2. The molecule has 232 valence electrons. The molecule has 0 spiro atoms. The molecule has 0 fully saturated rings. The number of sulfonamides is 1. The van der Waals surface area contributed by atoms with Crippen LogP contribution in [0.2, 0.25) is 10.0 Å². The van der Waals surface area contributed by atoms with Gasteiger partial charge in [-0.25, -0.2) is 8.42 Å². The summed E-state index contributed by atoms with van der Waals surface area (Å²) in [6, 6.07) is 17.9. The van der Waals surface area contributed by atoms with Gasteiger partial charge in [-0.1, -0.05) is 93.2 Å². The summed E-state index contributed by atoms with van der Waals surface area (Å²) in [5.74, 6) is -0.568. The van der Waals surface area contributed by atoms with E-state index in [1.54, 1.807) is 42.5 Å². The summed E-state index contributed by atoms with van der Waals surface area (Å²) in [5, 5.41) is 3.62. The van der Waals surface area contributed by atoms with Gasteiger partial charge in [0, 0.05) is 13.1 Å². The number of anilines is 1. The van der Waals surface area contributed by atoms with E-state index in [9.17, 15) is 18.0 Å². The molecule has 10 heteroatoms. The molecule has 0 aliphatic carbocycles. The highest BCUT2D eigenvalue weighted by Crippen LogP contribution is 2.28. The first-order valence-electron chi connectivity index (χ1n) is 14.6. The van der Waals surface area contributed by atoms with Gasteiger partial charge in [-0.05, 0) is 73.2 Å². The highest BCUT2D eigenvalue weighted by Gasteiger charge is 2.33. The van der Waals surface area contributed by atoms with Crippen molar-refractivity contribution in [2.45, 2.75) is 77.3 Å². The van der Waals surface area contributed by atoms with E-state index < -0.39 is 28.5 Å². The number of aryl methyl sites for hydroxylation is 1. The third kappa shape index (κ3) is 8.97. The fourth-order valence-corrected chi connectivity index (χ4v) is 6.39. The summed E-state index contributed by atoms with van der Waals surface area (Å²) >= 11 is 12.4. The second-order valence-corrected chi connectivity index (χ2v) is 13.6. The lowest BCUT2D eigenvalue weighted by Crippen LogP contribution is -2.52.